The Balaban J connectivity index is 2.25. The zero-order valence-electron chi connectivity index (χ0n) is 8.55. The van der Waals surface area contributed by atoms with Crippen molar-refractivity contribution >= 4 is 23.9 Å². The van der Waals surface area contributed by atoms with E-state index in [0.29, 0.717) is 10.6 Å². The fourth-order valence-electron chi connectivity index (χ4n) is 1.50. The van der Waals surface area contributed by atoms with E-state index < -0.39 is 11.9 Å². The van der Waals surface area contributed by atoms with Gasteiger partial charge in [-0.05, 0) is 12.1 Å². The molecule has 1 atom stereocenters. The second kappa shape index (κ2) is 4.47. The highest BCUT2D eigenvalue weighted by atomic mass is 35.5. The summed E-state index contributed by atoms with van der Waals surface area (Å²) in [4.78, 5) is 22.0. The van der Waals surface area contributed by atoms with E-state index in [1.165, 1.54) is 0 Å². The van der Waals surface area contributed by atoms with Gasteiger partial charge in [0.1, 0.15) is 0 Å². The second-order valence-electron chi connectivity index (χ2n) is 3.32. The molecule has 0 amide bonds. The molecule has 0 saturated heterocycles. The third kappa shape index (κ3) is 2.09. The molecule has 2 N–H and O–H groups in total. The predicted molar refractivity (Wildman–Crippen MR) is 58.6 cm³/mol. The van der Waals surface area contributed by atoms with Crippen molar-refractivity contribution in [3.05, 3.63) is 46.5 Å². The van der Waals surface area contributed by atoms with E-state index in [1.807, 2.05) is 0 Å². The number of halogens is 1. The van der Waals surface area contributed by atoms with Crippen molar-refractivity contribution in [2.24, 2.45) is 5.73 Å². The van der Waals surface area contributed by atoms with Gasteiger partial charge in [-0.1, -0.05) is 23.7 Å². The monoisotopic (exact) mass is 253 g/mol. The Hall–Kier alpha value is -2.01. The Kier molecular flexibility index (Phi) is 3.01. The first kappa shape index (κ1) is 11.5. The maximum absolute atomic E-state index is 11.8. The number of rotatable bonds is 3. The Labute approximate surface area is 102 Å². The SMILES string of the molecule is NC1=C(OC=O)C(=O)C(c2ccc(Cl)cc2)O1. The highest BCUT2D eigenvalue weighted by Crippen LogP contribution is 2.31. The molecule has 0 aromatic heterocycles. The van der Waals surface area contributed by atoms with Crippen molar-refractivity contribution in [1.29, 1.82) is 0 Å². The van der Waals surface area contributed by atoms with Gasteiger partial charge >= 0.3 is 0 Å². The number of ketones is 1. The van der Waals surface area contributed by atoms with Crippen molar-refractivity contribution < 1.29 is 19.1 Å². The van der Waals surface area contributed by atoms with Crippen LogP contribution in [0, 0.1) is 0 Å². The molecule has 1 heterocycles. The fourth-order valence-corrected chi connectivity index (χ4v) is 1.62. The molecule has 17 heavy (non-hydrogen) atoms. The highest BCUT2D eigenvalue weighted by molar-refractivity contribution is 6.30. The number of carbonyl (C=O) groups is 2. The van der Waals surface area contributed by atoms with Crippen molar-refractivity contribution in [3.8, 4) is 0 Å². The van der Waals surface area contributed by atoms with Gasteiger partial charge in [-0.3, -0.25) is 9.59 Å². The smallest absolute Gasteiger partial charge is 0.298 e. The Morgan fingerprint density at radius 2 is 2.00 bits per heavy atom. The van der Waals surface area contributed by atoms with Crippen LogP contribution in [0.25, 0.3) is 0 Å². The molecule has 1 aromatic carbocycles. The minimum Gasteiger partial charge on any atom is -0.460 e. The summed E-state index contributed by atoms with van der Waals surface area (Å²) in [6, 6.07) is 6.54. The van der Waals surface area contributed by atoms with Gasteiger partial charge in [0.2, 0.25) is 17.4 Å². The van der Waals surface area contributed by atoms with Crippen LogP contribution in [-0.4, -0.2) is 12.3 Å². The number of carbonyl (C=O) groups excluding carboxylic acids is 2. The lowest BCUT2D eigenvalue weighted by Crippen LogP contribution is -2.11. The van der Waals surface area contributed by atoms with Crippen molar-refractivity contribution in [3.63, 3.8) is 0 Å². The zero-order chi connectivity index (χ0) is 12.4. The van der Waals surface area contributed by atoms with Crippen LogP contribution in [0.3, 0.4) is 0 Å². The zero-order valence-corrected chi connectivity index (χ0v) is 9.31. The minimum atomic E-state index is -0.887. The number of hydrogen-bond acceptors (Lipinski definition) is 5. The largest absolute Gasteiger partial charge is 0.460 e. The van der Waals surface area contributed by atoms with Gasteiger partial charge < -0.3 is 15.2 Å². The molecular weight excluding hydrogens is 246 g/mol. The van der Waals surface area contributed by atoms with Crippen LogP contribution >= 0.6 is 11.6 Å². The summed E-state index contributed by atoms with van der Waals surface area (Å²) in [5, 5.41) is 0.546. The molecule has 0 fully saturated rings. The van der Waals surface area contributed by atoms with Gasteiger partial charge in [0.05, 0.1) is 0 Å². The van der Waals surface area contributed by atoms with Crippen LogP contribution < -0.4 is 5.73 Å². The van der Waals surface area contributed by atoms with Crippen LogP contribution in [0.4, 0.5) is 0 Å². The predicted octanol–water partition coefficient (Wildman–Crippen LogP) is 1.28. The molecule has 88 valence electrons. The van der Waals surface area contributed by atoms with Crippen LogP contribution in [0.2, 0.25) is 5.02 Å². The summed E-state index contributed by atoms with van der Waals surface area (Å²) in [6.45, 7) is 0.133. The average Bonchev–Trinajstić information content (AvgIpc) is 2.59. The Morgan fingerprint density at radius 3 is 2.59 bits per heavy atom. The number of Topliss-reactive ketones (excluding diaryl/α,β-unsaturated/α-hetero) is 1. The first-order chi connectivity index (χ1) is 8.13. The minimum absolute atomic E-state index is 0.133. The van der Waals surface area contributed by atoms with Gasteiger partial charge in [-0.15, -0.1) is 0 Å². The molecule has 0 aliphatic carbocycles. The normalized spacial score (nSPS) is 19.1. The van der Waals surface area contributed by atoms with E-state index in [-0.39, 0.29) is 18.1 Å². The fraction of sp³-hybridized carbons (Fsp3) is 0.0909. The lowest BCUT2D eigenvalue weighted by atomic mass is 10.1. The summed E-state index contributed by atoms with van der Waals surface area (Å²) in [5.41, 5.74) is 6.03. The van der Waals surface area contributed by atoms with Gasteiger partial charge in [0.15, 0.2) is 6.10 Å². The van der Waals surface area contributed by atoms with Crippen molar-refractivity contribution in [1.82, 2.24) is 0 Å². The highest BCUT2D eigenvalue weighted by Gasteiger charge is 2.37. The second-order valence-corrected chi connectivity index (χ2v) is 3.76. The molecule has 1 aliphatic rings. The molecule has 1 aromatic rings. The summed E-state index contributed by atoms with van der Waals surface area (Å²) in [6.07, 6.45) is -0.887. The first-order valence-electron chi connectivity index (χ1n) is 4.70. The first-order valence-corrected chi connectivity index (χ1v) is 5.07. The Morgan fingerprint density at radius 1 is 1.35 bits per heavy atom. The van der Waals surface area contributed by atoms with E-state index in [9.17, 15) is 9.59 Å². The third-order valence-corrected chi connectivity index (χ3v) is 2.52. The summed E-state index contributed by atoms with van der Waals surface area (Å²) in [7, 11) is 0. The maximum atomic E-state index is 11.8. The molecule has 0 bridgehead atoms. The lowest BCUT2D eigenvalue weighted by Gasteiger charge is -2.09. The summed E-state index contributed by atoms with van der Waals surface area (Å²) in [5.74, 6) is -0.945. The molecule has 0 spiro atoms. The quantitative estimate of drug-likeness (QED) is 0.821. The summed E-state index contributed by atoms with van der Waals surface area (Å²) >= 11 is 5.73. The van der Waals surface area contributed by atoms with E-state index in [4.69, 9.17) is 22.1 Å². The van der Waals surface area contributed by atoms with E-state index in [0.717, 1.165) is 0 Å². The number of hydrogen-bond donors (Lipinski definition) is 1. The molecule has 5 nitrogen and oxygen atoms in total. The van der Waals surface area contributed by atoms with Gasteiger partial charge in [0, 0.05) is 10.6 Å². The standard InChI is InChI=1S/C11H8ClNO4/c12-7-3-1-6(2-4-7)9-8(15)10(16-5-14)11(13)17-9/h1-5,9H,13H2. The summed E-state index contributed by atoms with van der Waals surface area (Å²) < 4.78 is 9.62. The third-order valence-electron chi connectivity index (χ3n) is 2.27. The van der Waals surface area contributed by atoms with Crippen LogP contribution in [0.15, 0.2) is 35.9 Å². The van der Waals surface area contributed by atoms with E-state index in [1.54, 1.807) is 24.3 Å². The molecular formula is C11H8ClNO4. The Bertz CT molecular complexity index is 495. The van der Waals surface area contributed by atoms with Crippen LogP contribution in [0.5, 0.6) is 0 Å². The van der Waals surface area contributed by atoms with Crippen molar-refractivity contribution in [2.75, 3.05) is 0 Å². The molecule has 0 radical (unpaired) electrons. The molecule has 6 heteroatoms. The van der Waals surface area contributed by atoms with Crippen LogP contribution in [-0.2, 0) is 19.1 Å². The molecule has 0 saturated carbocycles. The molecule has 1 aliphatic heterocycles. The maximum Gasteiger partial charge on any atom is 0.298 e. The lowest BCUT2D eigenvalue weighted by molar-refractivity contribution is -0.131. The molecule has 1 unspecified atom stereocenters. The number of nitrogens with two attached hydrogens (primary N) is 1. The number of benzene rings is 1. The molecule has 2 rings (SSSR count). The average molecular weight is 254 g/mol. The van der Waals surface area contributed by atoms with Crippen LogP contribution in [0.1, 0.15) is 11.7 Å². The van der Waals surface area contributed by atoms with E-state index in [2.05, 4.69) is 4.74 Å². The van der Waals surface area contributed by atoms with Gasteiger partial charge in [-0.2, -0.15) is 0 Å². The van der Waals surface area contributed by atoms with E-state index >= 15 is 0 Å². The number of ether oxygens (including phenoxy) is 2. The van der Waals surface area contributed by atoms with Crippen molar-refractivity contribution in [2.45, 2.75) is 6.10 Å². The van der Waals surface area contributed by atoms with Gasteiger partial charge in [0.25, 0.3) is 6.47 Å². The topological polar surface area (TPSA) is 78.6 Å². The van der Waals surface area contributed by atoms with Gasteiger partial charge in [-0.25, -0.2) is 0 Å².